The summed E-state index contributed by atoms with van der Waals surface area (Å²) in [6.45, 7) is 0. The van der Waals surface area contributed by atoms with E-state index in [-0.39, 0.29) is 0 Å². The van der Waals surface area contributed by atoms with E-state index in [0.29, 0.717) is 16.8 Å². The summed E-state index contributed by atoms with van der Waals surface area (Å²) in [5, 5.41) is 8.74. The molecule has 4 nitrogen and oxygen atoms in total. The zero-order chi connectivity index (χ0) is 9.26. The Bertz CT molecular complexity index is 481. The fourth-order valence-electron chi connectivity index (χ4n) is 1.26. The highest BCUT2D eigenvalue weighted by Crippen LogP contribution is 2.23. The van der Waals surface area contributed by atoms with E-state index in [9.17, 15) is 0 Å². The Morgan fingerprint density at radius 2 is 2.46 bits per heavy atom. The van der Waals surface area contributed by atoms with Gasteiger partial charge in [-0.15, -0.1) is 0 Å². The molecule has 0 radical (unpaired) electrons. The lowest BCUT2D eigenvalue weighted by Crippen LogP contribution is -1.85. The van der Waals surface area contributed by atoms with Gasteiger partial charge in [0.15, 0.2) is 0 Å². The number of ether oxygens (including phenoxy) is 1. The van der Waals surface area contributed by atoms with E-state index in [0.717, 1.165) is 5.52 Å². The molecule has 0 spiro atoms. The van der Waals surface area contributed by atoms with Gasteiger partial charge in [0.1, 0.15) is 22.9 Å². The van der Waals surface area contributed by atoms with Gasteiger partial charge in [-0.2, -0.15) is 5.26 Å². The Balaban J connectivity index is 2.81. The molecule has 4 heteroatoms. The molecule has 64 valence electrons. The highest BCUT2D eigenvalue weighted by atomic mass is 16.5. The maximum absolute atomic E-state index is 8.74. The zero-order valence-corrected chi connectivity index (χ0v) is 7.03. The summed E-state index contributed by atoms with van der Waals surface area (Å²) in [4.78, 5) is 7.04. The van der Waals surface area contributed by atoms with Gasteiger partial charge >= 0.3 is 0 Å². The van der Waals surface area contributed by atoms with Crippen LogP contribution in [0.15, 0.2) is 18.5 Å². The average Bonchev–Trinajstić information content (AvgIpc) is 2.60. The molecule has 13 heavy (non-hydrogen) atoms. The quantitative estimate of drug-likeness (QED) is 0.709. The smallest absolute Gasteiger partial charge is 0.146 e. The van der Waals surface area contributed by atoms with Crippen LogP contribution in [0.3, 0.4) is 0 Å². The number of rotatable bonds is 1. The van der Waals surface area contributed by atoms with Crippen molar-refractivity contribution in [3.8, 4) is 11.8 Å². The Hall–Kier alpha value is -2.02. The molecular formula is C9H7N3O. The molecule has 1 N–H and O–H groups in total. The van der Waals surface area contributed by atoms with Crippen LogP contribution in [-0.2, 0) is 0 Å². The van der Waals surface area contributed by atoms with Crippen LogP contribution < -0.4 is 4.74 Å². The number of fused-ring (bicyclic) bond motifs is 1. The van der Waals surface area contributed by atoms with Crippen molar-refractivity contribution in [2.75, 3.05) is 7.11 Å². The lowest BCUT2D eigenvalue weighted by Gasteiger charge is -1.98. The lowest BCUT2D eigenvalue weighted by atomic mass is 10.3. The van der Waals surface area contributed by atoms with Crippen molar-refractivity contribution in [2.24, 2.45) is 0 Å². The second kappa shape index (κ2) is 2.79. The van der Waals surface area contributed by atoms with Crippen molar-refractivity contribution in [2.45, 2.75) is 0 Å². The average molecular weight is 173 g/mol. The van der Waals surface area contributed by atoms with E-state index in [1.807, 2.05) is 0 Å². The van der Waals surface area contributed by atoms with Crippen molar-refractivity contribution in [3.05, 3.63) is 24.0 Å². The molecule has 0 unspecified atom stereocenters. The first-order valence-electron chi connectivity index (χ1n) is 3.77. The summed E-state index contributed by atoms with van der Waals surface area (Å²) in [5.74, 6) is 0.700. The fourth-order valence-corrected chi connectivity index (χ4v) is 1.26. The minimum absolute atomic E-state index is 0.536. The van der Waals surface area contributed by atoms with Crippen LogP contribution >= 0.6 is 0 Å². The van der Waals surface area contributed by atoms with Gasteiger partial charge in [0.2, 0.25) is 0 Å². The number of hydrogen-bond acceptors (Lipinski definition) is 3. The normalized spacial score (nSPS) is 9.85. The fraction of sp³-hybridized carbons (Fsp3) is 0.111. The molecule has 0 saturated heterocycles. The third-order valence-corrected chi connectivity index (χ3v) is 1.87. The first-order valence-corrected chi connectivity index (χ1v) is 3.77. The molecule has 0 aliphatic carbocycles. The number of nitrogens with zero attached hydrogens (tertiary/aromatic N) is 2. The third kappa shape index (κ3) is 1.02. The first-order chi connectivity index (χ1) is 6.36. The summed E-state index contributed by atoms with van der Waals surface area (Å²) in [6, 6.07) is 3.80. The van der Waals surface area contributed by atoms with Gasteiger partial charge in [-0.3, -0.25) is 4.98 Å². The Morgan fingerprint density at radius 3 is 3.15 bits per heavy atom. The molecular weight excluding hydrogens is 166 g/mol. The van der Waals surface area contributed by atoms with Crippen LogP contribution in [0.1, 0.15) is 5.56 Å². The number of nitriles is 1. The minimum atomic E-state index is 0.536. The molecule has 0 saturated carbocycles. The molecule has 0 bridgehead atoms. The van der Waals surface area contributed by atoms with Gasteiger partial charge in [0, 0.05) is 18.5 Å². The van der Waals surface area contributed by atoms with Crippen LogP contribution in [0, 0.1) is 11.3 Å². The second-order valence-electron chi connectivity index (χ2n) is 2.55. The molecule has 0 aromatic carbocycles. The van der Waals surface area contributed by atoms with Crippen molar-refractivity contribution in [1.29, 1.82) is 5.26 Å². The summed E-state index contributed by atoms with van der Waals surface area (Å²) in [5.41, 5.74) is 1.96. The van der Waals surface area contributed by atoms with E-state index in [1.54, 1.807) is 25.6 Å². The SMILES string of the molecule is COc1ccnc2c(C#N)c[nH]c12. The van der Waals surface area contributed by atoms with Crippen LogP contribution in [0.4, 0.5) is 0 Å². The number of nitrogens with one attached hydrogen (secondary N) is 1. The third-order valence-electron chi connectivity index (χ3n) is 1.87. The highest BCUT2D eigenvalue weighted by molar-refractivity contribution is 5.86. The van der Waals surface area contributed by atoms with E-state index in [4.69, 9.17) is 10.00 Å². The van der Waals surface area contributed by atoms with Crippen molar-refractivity contribution < 1.29 is 4.74 Å². The van der Waals surface area contributed by atoms with Gasteiger partial charge in [0.05, 0.1) is 12.7 Å². The summed E-state index contributed by atoms with van der Waals surface area (Å²) >= 11 is 0. The highest BCUT2D eigenvalue weighted by Gasteiger charge is 2.07. The van der Waals surface area contributed by atoms with Crippen molar-refractivity contribution in [3.63, 3.8) is 0 Å². The molecule has 2 rings (SSSR count). The monoisotopic (exact) mass is 173 g/mol. The van der Waals surface area contributed by atoms with Crippen molar-refractivity contribution >= 4 is 11.0 Å². The number of hydrogen-bond donors (Lipinski definition) is 1. The molecule has 0 amide bonds. The molecule has 0 fully saturated rings. The zero-order valence-electron chi connectivity index (χ0n) is 7.03. The van der Waals surface area contributed by atoms with Gasteiger partial charge in [-0.1, -0.05) is 0 Å². The molecule has 0 atom stereocenters. The number of H-pyrrole nitrogens is 1. The number of pyridine rings is 1. The van der Waals surface area contributed by atoms with E-state index in [1.165, 1.54) is 0 Å². The van der Waals surface area contributed by atoms with Crippen LogP contribution in [0.2, 0.25) is 0 Å². The van der Waals surface area contributed by atoms with Crippen LogP contribution in [-0.4, -0.2) is 17.1 Å². The Kier molecular flexibility index (Phi) is 1.64. The van der Waals surface area contributed by atoms with Gasteiger partial charge in [-0.05, 0) is 0 Å². The predicted molar refractivity (Wildman–Crippen MR) is 47.4 cm³/mol. The van der Waals surface area contributed by atoms with Gasteiger partial charge in [-0.25, -0.2) is 0 Å². The van der Waals surface area contributed by atoms with E-state index in [2.05, 4.69) is 16.0 Å². The molecule has 0 aliphatic heterocycles. The Labute approximate surface area is 74.8 Å². The minimum Gasteiger partial charge on any atom is -0.494 e. The number of aromatic amines is 1. The topological polar surface area (TPSA) is 61.7 Å². The van der Waals surface area contributed by atoms with Crippen LogP contribution in [0.25, 0.3) is 11.0 Å². The predicted octanol–water partition coefficient (Wildman–Crippen LogP) is 1.44. The van der Waals surface area contributed by atoms with Crippen LogP contribution in [0.5, 0.6) is 5.75 Å². The maximum Gasteiger partial charge on any atom is 0.146 e. The van der Waals surface area contributed by atoms with E-state index < -0.39 is 0 Å². The van der Waals surface area contributed by atoms with Gasteiger partial charge < -0.3 is 9.72 Å². The Morgan fingerprint density at radius 1 is 1.62 bits per heavy atom. The van der Waals surface area contributed by atoms with Gasteiger partial charge in [0.25, 0.3) is 0 Å². The number of aromatic nitrogens is 2. The molecule has 0 aliphatic rings. The molecule has 2 aromatic rings. The maximum atomic E-state index is 8.74. The second-order valence-corrected chi connectivity index (χ2v) is 2.55. The van der Waals surface area contributed by atoms with E-state index >= 15 is 0 Å². The number of methoxy groups -OCH3 is 1. The van der Waals surface area contributed by atoms with Crippen molar-refractivity contribution in [1.82, 2.24) is 9.97 Å². The standard InChI is InChI=1S/C9H7N3O/c1-13-7-2-3-11-8-6(4-10)5-12-9(7)8/h2-3,5,12H,1H3. The summed E-state index contributed by atoms with van der Waals surface area (Å²) in [7, 11) is 1.58. The first kappa shape index (κ1) is 7.62. The summed E-state index contributed by atoms with van der Waals surface area (Å²) in [6.07, 6.45) is 3.25. The lowest BCUT2D eigenvalue weighted by molar-refractivity contribution is 0.418. The molecule has 2 aromatic heterocycles. The largest absolute Gasteiger partial charge is 0.494 e. The summed E-state index contributed by atoms with van der Waals surface area (Å²) < 4.78 is 5.10. The molecule has 2 heterocycles.